The maximum atomic E-state index is 11.4. The van der Waals surface area contributed by atoms with E-state index >= 15 is 0 Å². The third-order valence-electron chi connectivity index (χ3n) is 1.85. The smallest absolute Gasteiger partial charge is 0.367 e. The molecule has 0 spiro atoms. The number of hydrogen-bond acceptors (Lipinski definition) is 5. The van der Waals surface area contributed by atoms with Gasteiger partial charge in [-0.25, -0.2) is 9.78 Å². The molecule has 4 nitrogen and oxygen atoms in total. The highest BCUT2D eigenvalue weighted by Gasteiger charge is 2.14. The van der Waals surface area contributed by atoms with Gasteiger partial charge in [0.2, 0.25) is 5.01 Å². The Kier molecular flexibility index (Phi) is 2.55. The molecule has 0 aliphatic rings. The van der Waals surface area contributed by atoms with Gasteiger partial charge in [-0.05, 0) is 19.1 Å². The summed E-state index contributed by atoms with van der Waals surface area (Å²) in [6.45, 7) is 2.06. The van der Waals surface area contributed by atoms with Crippen molar-refractivity contribution in [2.75, 3.05) is 6.61 Å². The SMILES string of the molecule is CCOC(=O)c1nc2c(O)cccc2s1. The van der Waals surface area contributed by atoms with Crippen molar-refractivity contribution >= 4 is 27.5 Å². The Balaban J connectivity index is 2.47. The Hall–Kier alpha value is -1.62. The number of thiazole rings is 1. The van der Waals surface area contributed by atoms with Gasteiger partial charge in [0.1, 0.15) is 11.3 Å². The molecule has 0 aliphatic carbocycles. The Morgan fingerprint density at radius 3 is 3.07 bits per heavy atom. The van der Waals surface area contributed by atoms with Gasteiger partial charge in [-0.3, -0.25) is 0 Å². The molecule has 1 aromatic carbocycles. The molecule has 1 heterocycles. The standard InChI is InChI=1S/C10H9NO3S/c1-2-14-10(13)9-11-8-6(12)4-3-5-7(8)15-9/h3-5,12H,2H2,1H3. The van der Waals surface area contributed by atoms with Gasteiger partial charge >= 0.3 is 5.97 Å². The number of hydrogen-bond donors (Lipinski definition) is 1. The van der Waals surface area contributed by atoms with Crippen LogP contribution in [0.4, 0.5) is 0 Å². The first-order valence-electron chi connectivity index (χ1n) is 4.48. The summed E-state index contributed by atoms with van der Waals surface area (Å²) in [6, 6.07) is 5.05. The molecule has 0 unspecified atom stereocenters. The van der Waals surface area contributed by atoms with Crippen LogP contribution in [0.25, 0.3) is 10.2 Å². The van der Waals surface area contributed by atoms with E-state index in [0.717, 1.165) is 4.70 Å². The van der Waals surface area contributed by atoms with Crippen LogP contribution in [-0.2, 0) is 4.74 Å². The van der Waals surface area contributed by atoms with Crippen LogP contribution in [0.2, 0.25) is 0 Å². The molecule has 15 heavy (non-hydrogen) atoms. The van der Waals surface area contributed by atoms with E-state index in [-0.39, 0.29) is 10.8 Å². The fourth-order valence-electron chi connectivity index (χ4n) is 1.21. The first kappa shape index (κ1) is 9.92. The van der Waals surface area contributed by atoms with Crippen LogP contribution in [-0.4, -0.2) is 22.7 Å². The van der Waals surface area contributed by atoms with E-state index in [1.54, 1.807) is 19.1 Å². The number of esters is 1. The molecule has 5 heteroatoms. The summed E-state index contributed by atoms with van der Waals surface area (Å²) >= 11 is 1.21. The maximum absolute atomic E-state index is 11.4. The minimum absolute atomic E-state index is 0.0827. The van der Waals surface area contributed by atoms with Crippen molar-refractivity contribution in [2.45, 2.75) is 6.92 Å². The second-order valence-electron chi connectivity index (χ2n) is 2.86. The molecule has 0 radical (unpaired) electrons. The highest BCUT2D eigenvalue weighted by molar-refractivity contribution is 7.20. The second kappa shape index (κ2) is 3.86. The summed E-state index contributed by atoms with van der Waals surface area (Å²) in [7, 11) is 0. The van der Waals surface area contributed by atoms with Crippen molar-refractivity contribution in [1.82, 2.24) is 4.98 Å². The number of phenols is 1. The van der Waals surface area contributed by atoms with Crippen molar-refractivity contribution < 1.29 is 14.6 Å². The zero-order valence-electron chi connectivity index (χ0n) is 8.06. The highest BCUT2D eigenvalue weighted by Crippen LogP contribution is 2.28. The summed E-state index contributed by atoms with van der Waals surface area (Å²) in [5.41, 5.74) is 0.450. The van der Waals surface area contributed by atoms with Crippen LogP contribution < -0.4 is 0 Å². The Labute approximate surface area is 90.1 Å². The number of carbonyl (C=O) groups is 1. The van der Waals surface area contributed by atoms with Crippen molar-refractivity contribution in [3.63, 3.8) is 0 Å². The molecule has 2 aromatic rings. The number of carbonyl (C=O) groups excluding carboxylic acids is 1. The van der Waals surface area contributed by atoms with Crippen LogP contribution in [0.5, 0.6) is 5.75 Å². The minimum Gasteiger partial charge on any atom is -0.506 e. The van der Waals surface area contributed by atoms with Gasteiger partial charge in [0, 0.05) is 0 Å². The largest absolute Gasteiger partial charge is 0.506 e. The van der Waals surface area contributed by atoms with Crippen molar-refractivity contribution in [2.24, 2.45) is 0 Å². The molecular formula is C10H9NO3S. The molecule has 0 bridgehead atoms. The number of fused-ring (bicyclic) bond motifs is 1. The summed E-state index contributed by atoms with van der Waals surface area (Å²) in [6.07, 6.45) is 0. The molecule has 0 saturated carbocycles. The summed E-state index contributed by atoms with van der Waals surface area (Å²) < 4.78 is 5.60. The fourth-order valence-corrected chi connectivity index (χ4v) is 2.10. The van der Waals surface area contributed by atoms with Crippen LogP contribution in [0.15, 0.2) is 18.2 Å². The number of aromatic nitrogens is 1. The lowest BCUT2D eigenvalue weighted by molar-refractivity contribution is 0.0526. The quantitative estimate of drug-likeness (QED) is 0.793. The minimum atomic E-state index is -0.446. The van der Waals surface area contributed by atoms with Crippen molar-refractivity contribution in [3.05, 3.63) is 23.2 Å². The zero-order chi connectivity index (χ0) is 10.8. The first-order chi connectivity index (χ1) is 7.22. The second-order valence-corrected chi connectivity index (χ2v) is 3.89. The lowest BCUT2D eigenvalue weighted by Crippen LogP contribution is -2.03. The third kappa shape index (κ3) is 1.78. The van der Waals surface area contributed by atoms with E-state index < -0.39 is 5.97 Å². The topological polar surface area (TPSA) is 59.4 Å². The molecule has 2 rings (SSSR count). The van der Waals surface area contributed by atoms with Crippen LogP contribution >= 0.6 is 11.3 Å². The van der Waals surface area contributed by atoms with Crippen LogP contribution in [0, 0.1) is 0 Å². The molecule has 0 amide bonds. The Bertz CT molecular complexity index is 506. The lowest BCUT2D eigenvalue weighted by atomic mass is 10.3. The number of rotatable bonds is 2. The molecule has 0 atom stereocenters. The number of phenolic OH excluding ortho intramolecular Hbond substituents is 1. The zero-order valence-corrected chi connectivity index (χ0v) is 8.87. The molecule has 1 aromatic heterocycles. The summed E-state index contributed by atoms with van der Waals surface area (Å²) in [5.74, 6) is -0.364. The monoisotopic (exact) mass is 223 g/mol. The summed E-state index contributed by atoms with van der Waals surface area (Å²) in [4.78, 5) is 15.4. The molecule has 78 valence electrons. The van der Waals surface area contributed by atoms with Gasteiger partial charge in [-0.1, -0.05) is 6.07 Å². The van der Waals surface area contributed by atoms with Gasteiger partial charge < -0.3 is 9.84 Å². The first-order valence-corrected chi connectivity index (χ1v) is 5.29. The van der Waals surface area contributed by atoms with E-state index in [1.165, 1.54) is 17.4 Å². The normalized spacial score (nSPS) is 10.5. The number of para-hydroxylation sites is 1. The summed E-state index contributed by atoms with van der Waals surface area (Å²) in [5, 5.41) is 9.76. The van der Waals surface area contributed by atoms with Gasteiger partial charge in [0.15, 0.2) is 0 Å². The number of ether oxygens (including phenoxy) is 1. The number of aromatic hydroxyl groups is 1. The van der Waals surface area contributed by atoms with Crippen molar-refractivity contribution in [1.29, 1.82) is 0 Å². The van der Waals surface area contributed by atoms with E-state index in [2.05, 4.69) is 4.98 Å². The number of nitrogens with zero attached hydrogens (tertiary/aromatic N) is 1. The van der Waals surface area contributed by atoms with E-state index in [4.69, 9.17) is 4.74 Å². The van der Waals surface area contributed by atoms with Gasteiger partial charge in [0.05, 0.1) is 11.3 Å². The van der Waals surface area contributed by atoms with Gasteiger partial charge in [-0.15, -0.1) is 11.3 Å². The molecule has 0 saturated heterocycles. The molecule has 0 aliphatic heterocycles. The Morgan fingerprint density at radius 2 is 2.40 bits per heavy atom. The highest BCUT2D eigenvalue weighted by atomic mass is 32.1. The van der Waals surface area contributed by atoms with Crippen LogP contribution in [0.3, 0.4) is 0 Å². The van der Waals surface area contributed by atoms with E-state index in [9.17, 15) is 9.90 Å². The average molecular weight is 223 g/mol. The molecule has 0 fully saturated rings. The molecular weight excluding hydrogens is 214 g/mol. The van der Waals surface area contributed by atoms with Gasteiger partial charge in [0.25, 0.3) is 0 Å². The lowest BCUT2D eigenvalue weighted by Gasteiger charge is -1.94. The maximum Gasteiger partial charge on any atom is 0.367 e. The Morgan fingerprint density at radius 1 is 1.60 bits per heavy atom. The number of benzene rings is 1. The van der Waals surface area contributed by atoms with E-state index in [1.807, 2.05) is 0 Å². The van der Waals surface area contributed by atoms with Gasteiger partial charge in [-0.2, -0.15) is 0 Å². The average Bonchev–Trinajstić information content (AvgIpc) is 2.63. The molecule has 1 N–H and O–H groups in total. The predicted molar refractivity (Wildman–Crippen MR) is 57.2 cm³/mol. The third-order valence-corrected chi connectivity index (χ3v) is 2.85. The van der Waals surface area contributed by atoms with Crippen molar-refractivity contribution in [3.8, 4) is 5.75 Å². The predicted octanol–water partition coefficient (Wildman–Crippen LogP) is 2.18. The fraction of sp³-hybridized carbons (Fsp3) is 0.200. The van der Waals surface area contributed by atoms with E-state index in [0.29, 0.717) is 12.1 Å². The van der Waals surface area contributed by atoms with Crippen LogP contribution in [0.1, 0.15) is 16.7 Å².